The zero-order valence-corrected chi connectivity index (χ0v) is 9.20. The van der Waals surface area contributed by atoms with Crippen LogP contribution in [-0.2, 0) is 0 Å². The predicted molar refractivity (Wildman–Crippen MR) is 61.8 cm³/mol. The smallest absolute Gasteiger partial charge is 0.323 e. The summed E-state index contributed by atoms with van der Waals surface area (Å²) in [5.74, 6) is -0.0561. The van der Waals surface area contributed by atoms with E-state index in [1.165, 1.54) is 24.4 Å². The largest absolute Gasteiger partial charge is 0.424 e. The van der Waals surface area contributed by atoms with Crippen molar-refractivity contribution in [1.82, 2.24) is 9.97 Å². The monoisotopic (exact) mass is 240 g/mol. The van der Waals surface area contributed by atoms with Crippen LogP contribution in [0.3, 0.4) is 0 Å². The Hall–Kier alpha value is -2.94. The maximum atomic E-state index is 10.9. The lowest BCUT2D eigenvalue weighted by Crippen LogP contribution is -2.10. The fourth-order valence-electron chi connectivity index (χ4n) is 1.24. The molecule has 0 saturated carbocycles. The molecule has 88 valence electrons. The van der Waals surface area contributed by atoms with Gasteiger partial charge in [-0.2, -0.15) is 10.2 Å². The van der Waals surface area contributed by atoms with Gasteiger partial charge >= 0.3 is 6.01 Å². The Kier molecular flexibility index (Phi) is 3.16. The van der Waals surface area contributed by atoms with Gasteiger partial charge in [0.1, 0.15) is 17.5 Å². The molecule has 0 aliphatic rings. The lowest BCUT2D eigenvalue weighted by Gasteiger charge is -2.03. The summed E-state index contributed by atoms with van der Waals surface area (Å²) in [5, 5.41) is 8.68. The molecule has 1 aromatic carbocycles. The van der Waals surface area contributed by atoms with Gasteiger partial charge in [0.15, 0.2) is 0 Å². The summed E-state index contributed by atoms with van der Waals surface area (Å²) in [6.07, 6.45) is 1.43. The number of hydrogen-bond acceptors (Lipinski definition) is 5. The van der Waals surface area contributed by atoms with E-state index in [2.05, 4.69) is 9.97 Å². The molecule has 0 radical (unpaired) electrons. The van der Waals surface area contributed by atoms with Crippen LogP contribution in [0, 0.1) is 11.3 Å². The second kappa shape index (κ2) is 4.93. The van der Waals surface area contributed by atoms with Crippen molar-refractivity contribution in [3.05, 3.63) is 47.8 Å². The first-order valence-corrected chi connectivity index (χ1v) is 5.00. The molecule has 18 heavy (non-hydrogen) atoms. The van der Waals surface area contributed by atoms with Crippen LogP contribution in [0.25, 0.3) is 0 Å². The molecule has 2 N–H and O–H groups in total. The molecule has 2 rings (SSSR count). The number of hydrogen-bond donors (Lipinski definition) is 1. The highest BCUT2D eigenvalue weighted by molar-refractivity contribution is 5.92. The molecule has 0 unspecified atom stereocenters. The SMILES string of the molecule is N#Cc1ccnc(Oc2ccc(C(N)=O)cc2)n1. The fourth-order valence-corrected chi connectivity index (χ4v) is 1.24. The molecule has 1 amide bonds. The molecule has 6 heteroatoms. The highest BCUT2D eigenvalue weighted by Gasteiger charge is 2.03. The van der Waals surface area contributed by atoms with Crippen LogP contribution in [-0.4, -0.2) is 15.9 Å². The van der Waals surface area contributed by atoms with E-state index in [-0.39, 0.29) is 11.7 Å². The Morgan fingerprint density at radius 2 is 2.00 bits per heavy atom. The van der Waals surface area contributed by atoms with Gasteiger partial charge in [-0.1, -0.05) is 0 Å². The average Bonchev–Trinajstić information content (AvgIpc) is 2.39. The normalized spacial score (nSPS) is 9.50. The van der Waals surface area contributed by atoms with Crippen molar-refractivity contribution in [3.8, 4) is 17.8 Å². The third-order valence-corrected chi connectivity index (χ3v) is 2.10. The Morgan fingerprint density at radius 3 is 2.61 bits per heavy atom. The van der Waals surface area contributed by atoms with Crippen molar-refractivity contribution in [2.45, 2.75) is 0 Å². The van der Waals surface area contributed by atoms with Gasteiger partial charge in [-0.25, -0.2) is 4.98 Å². The summed E-state index contributed by atoms with van der Waals surface area (Å²) in [5.41, 5.74) is 5.71. The Bertz CT molecular complexity index is 617. The number of rotatable bonds is 3. The first-order valence-electron chi connectivity index (χ1n) is 5.00. The van der Waals surface area contributed by atoms with Crippen molar-refractivity contribution in [1.29, 1.82) is 5.26 Å². The summed E-state index contributed by atoms with van der Waals surface area (Å²) >= 11 is 0. The Labute approximate surface area is 103 Å². The molecule has 6 nitrogen and oxygen atoms in total. The summed E-state index contributed by atoms with van der Waals surface area (Å²) < 4.78 is 5.33. The molecule has 1 heterocycles. The van der Waals surface area contributed by atoms with E-state index in [4.69, 9.17) is 15.7 Å². The lowest BCUT2D eigenvalue weighted by molar-refractivity contribution is 0.100. The van der Waals surface area contributed by atoms with E-state index in [1.54, 1.807) is 12.1 Å². The van der Waals surface area contributed by atoms with Gasteiger partial charge in [0, 0.05) is 11.8 Å². The minimum Gasteiger partial charge on any atom is -0.424 e. The van der Waals surface area contributed by atoms with Gasteiger partial charge in [-0.3, -0.25) is 4.79 Å². The van der Waals surface area contributed by atoms with Crippen LogP contribution in [0.2, 0.25) is 0 Å². The number of benzene rings is 1. The van der Waals surface area contributed by atoms with Crippen LogP contribution >= 0.6 is 0 Å². The molecular weight excluding hydrogens is 232 g/mol. The zero-order chi connectivity index (χ0) is 13.0. The zero-order valence-electron chi connectivity index (χ0n) is 9.20. The van der Waals surface area contributed by atoms with Crippen molar-refractivity contribution in [2.75, 3.05) is 0 Å². The second-order valence-electron chi connectivity index (χ2n) is 3.33. The maximum absolute atomic E-state index is 10.9. The summed E-state index contributed by atoms with van der Waals surface area (Å²) in [7, 11) is 0. The van der Waals surface area contributed by atoms with E-state index in [0.29, 0.717) is 11.3 Å². The molecule has 0 bridgehead atoms. The van der Waals surface area contributed by atoms with Gasteiger partial charge in [0.25, 0.3) is 0 Å². The lowest BCUT2D eigenvalue weighted by atomic mass is 10.2. The van der Waals surface area contributed by atoms with Crippen molar-refractivity contribution in [3.63, 3.8) is 0 Å². The number of amides is 1. The minimum absolute atomic E-state index is 0.0703. The molecule has 0 saturated heterocycles. The minimum atomic E-state index is -0.510. The van der Waals surface area contributed by atoms with Crippen LogP contribution in [0.5, 0.6) is 11.8 Å². The maximum Gasteiger partial charge on any atom is 0.323 e. The molecule has 0 aliphatic heterocycles. The van der Waals surface area contributed by atoms with Crippen molar-refractivity contribution >= 4 is 5.91 Å². The first-order chi connectivity index (χ1) is 8.69. The van der Waals surface area contributed by atoms with Crippen LogP contribution < -0.4 is 10.5 Å². The van der Waals surface area contributed by atoms with E-state index in [1.807, 2.05) is 6.07 Å². The average molecular weight is 240 g/mol. The highest BCUT2D eigenvalue weighted by Crippen LogP contribution is 2.17. The number of nitrogens with two attached hydrogens (primary N) is 1. The number of carbonyl (C=O) groups is 1. The van der Waals surface area contributed by atoms with E-state index < -0.39 is 5.91 Å². The molecule has 0 atom stereocenters. The molecule has 0 fully saturated rings. The number of primary amides is 1. The van der Waals surface area contributed by atoms with Gasteiger partial charge in [-0.15, -0.1) is 0 Å². The van der Waals surface area contributed by atoms with Gasteiger partial charge in [0.2, 0.25) is 5.91 Å². The van der Waals surface area contributed by atoms with E-state index in [9.17, 15) is 4.79 Å². The van der Waals surface area contributed by atoms with E-state index >= 15 is 0 Å². The first kappa shape index (κ1) is 11.5. The molecule has 0 spiro atoms. The summed E-state index contributed by atoms with van der Waals surface area (Å²) in [6, 6.07) is 9.64. The van der Waals surface area contributed by atoms with Crippen LogP contribution in [0.4, 0.5) is 0 Å². The number of nitriles is 1. The van der Waals surface area contributed by atoms with Crippen molar-refractivity contribution in [2.24, 2.45) is 5.73 Å². The van der Waals surface area contributed by atoms with Crippen molar-refractivity contribution < 1.29 is 9.53 Å². The molecule has 0 aliphatic carbocycles. The van der Waals surface area contributed by atoms with E-state index in [0.717, 1.165) is 0 Å². The fraction of sp³-hybridized carbons (Fsp3) is 0. The Balaban J connectivity index is 2.18. The second-order valence-corrected chi connectivity index (χ2v) is 3.33. The number of nitrogens with zero attached hydrogens (tertiary/aromatic N) is 3. The summed E-state index contributed by atoms with van der Waals surface area (Å²) in [6.45, 7) is 0. The molecular formula is C12H8N4O2. The van der Waals surface area contributed by atoms with Gasteiger partial charge in [0.05, 0.1) is 0 Å². The van der Waals surface area contributed by atoms with Gasteiger partial charge < -0.3 is 10.5 Å². The topological polar surface area (TPSA) is 102 Å². The number of aromatic nitrogens is 2. The van der Waals surface area contributed by atoms with Gasteiger partial charge in [-0.05, 0) is 30.3 Å². The standard InChI is InChI=1S/C12H8N4O2/c13-7-9-5-6-15-12(16-9)18-10-3-1-8(2-4-10)11(14)17/h1-6H,(H2,14,17). The number of carbonyl (C=O) groups excluding carboxylic acids is 1. The Morgan fingerprint density at radius 1 is 1.28 bits per heavy atom. The third-order valence-electron chi connectivity index (χ3n) is 2.10. The number of ether oxygens (including phenoxy) is 1. The molecule has 1 aromatic heterocycles. The third kappa shape index (κ3) is 2.59. The molecule has 2 aromatic rings. The quantitative estimate of drug-likeness (QED) is 0.869. The predicted octanol–water partition coefficient (Wildman–Crippen LogP) is 1.24. The van der Waals surface area contributed by atoms with Crippen LogP contribution in [0.1, 0.15) is 16.1 Å². The summed E-state index contributed by atoms with van der Waals surface area (Å²) in [4.78, 5) is 18.6. The van der Waals surface area contributed by atoms with Crippen LogP contribution in [0.15, 0.2) is 36.5 Å². The highest BCUT2D eigenvalue weighted by atomic mass is 16.5.